The van der Waals surface area contributed by atoms with Gasteiger partial charge in [-0.2, -0.15) is 0 Å². The van der Waals surface area contributed by atoms with Crippen molar-refractivity contribution < 1.29 is 14.3 Å². The Morgan fingerprint density at radius 2 is 2.00 bits per heavy atom. The van der Waals surface area contributed by atoms with E-state index in [1.807, 2.05) is 17.0 Å². The van der Waals surface area contributed by atoms with E-state index in [1.54, 1.807) is 25.6 Å². The molecule has 1 fully saturated rings. The average Bonchev–Trinajstić information content (AvgIpc) is 3.36. The zero-order chi connectivity index (χ0) is 20.8. The molecular weight excluding hydrogens is 384 g/mol. The molecule has 0 aliphatic carbocycles. The van der Waals surface area contributed by atoms with Gasteiger partial charge >= 0.3 is 0 Å². The van der Waals surface area contributed by atoms with Gasteiger partial charge in [-0.05, 0) is 42.8 Å². The molecule has 1 amide bonds. The van der Waals surface area contributed by atoms with Crippen LogP contribution in [0.25, 0.3) is 0 Å². The fourth-order valence-corrected chi connectivity index (χ4v) is 5.03. The average molecular weight is 417 g/mol. The summed E-state index contributed by atoms with van der Waals surface area (Å²) in [4.78, 5) is 18.5. The summed E-state index contributed by atoms with van der Waals surface area (Å²) in [5.41, 5.74) is 1.23. The fraction of sp³-hybridized carbons (Fsp3) is 0.522. The molecule has 5 nitrogen and oxygen atoms in total. The molecule has 1 saturated heterocycles. The van der Waals surface area contributed by atoms with Crippen LogP contribution in [0.2, 0.25) is 0 Å². The molecule has 158 valence electrons. The van der Waals surface area contributed by atoms with Crippen LogP contribution in [0, 0.1) is 5.92 Å². The van der Waals surface area contributed by atoms with Crippen LogP contribution in [0.1, 0.15) is 30.2 Å². The molecule has 6 heteroatoms. The Hall–Kier alpha value is -1.89. The summed E-state index contributed by atoms with van der Waals surface area (Å²) in [6, 6.07) is 12.7. The summed E-state index contributed by atoms with van der Waals surface area (Å²) >= 11 is 1.80. The van der Waals surface area contributed by atoms with Gasteiger partial charge in [-0.15, -0.1) is 11.3 Å². The Morgan fingerprint density at radius 3 is 2.66 bits per heavy atom. The Kier molecular flexibility index (Phi) is 7.70. The van der Waals surface area contributed by atoms with E-state index in [-0.39, 0.29) is 18.6 Å². The first kappa shape index (κ1) is 21.8. The van der Waals surface area contributed by atoms with Gasteiger partial charge in [0, 0.05) is 50.1 Å². The summed E-state index contributed by atoms with van der Waals surface area (Å²) in [6.07, 6.45) is 0. The lowest BCUT2D eigenvalue weighted by Crippen LogP contribution is -2.43. The highest BCUT2D eigenvalue weighted by Gasteiger charge is 2.37. The third-order valence-corrected chi connectivity index (χ3v) is 6.52. The molecule has 2 aromatic rings. The van der Waals surface area contributed by atoms with Crippen molar-refractivity contribution in [3.05, 3.63) is 52.2 Å². The summed E-state index contributed by atoms with van der Waals surface area (Å²) in [7, 11) is 3.31. The van der Waals surface area contributed by atoms with Crippen LogP contribution in [0.4, 0.5) is 0 Å². The molecule has 0 saturated carbocycles. The highest BCUT2D eigenvalue weighted by Crippen LogP contribution is 2.38. The number of thiophene rings is 1. The van der Waals surface area contributed by atoms with Crippen LogP contribution in [-0.4, -0.2) is 62.2 Å². The smallest absolute Gasteiger partial charge is 0.248 e. The maximum absolute atomic E-state index is 12.6. The van der Waals surface area contributed by atoms with Crippen LogP contribution < -0.4 is 4.74 Å². The van der Waals surface area contributed by atoms with E-state index in [9.17, 15) is 4.79 Å². The van der Waals surface area contributed by atoms with E-state index < -0.39 is 0 Å². The van der Waals surface area contributed by atoms with E-state index in [2.05, 4.69) is 48.4 Å². The van der Waals surface area contributed by atoms with E-state index in [0.717, 1.165) is 31.9 Å². The Morgan fingerprint density at radius 1 is 1.21 bits per heavy atom. The van der Waals surface area contributed by atoms with Gasteiger partial charge < -0.3 is 14.4 Å². The lowest BCUT2D eigenvalue weighted by molar-refractivity contribution is -0.137. The first-order chi connectivity index (χ1) is 14.0. The van der Waals surface area contributed by atoms with E-state index in [1.165, 1.54) is 10.4 Å². The predicted molar refractivity (Wildman–Crippen MR) is 118 cm³/mol. The van der Waals surface area contributed by atoms with Crippen LogP contribution >= 0.6 is 11.3 Å². The van der Waals surface area contributed by atoms with E-state index in [4.69, 9.17) is 9.47 Å². The molecule has 0 unspecified atom stereocenters. The number of hydrogen-bond acceptors (Lipinski definition) is 5. The Balaban J connectivity index is 1.84. The summed E-state index contributed by atoms with van der Waals surface area (Å²) in [5, 5.41) is 2.13. The molecule has 0 spiro atoms. The second kappa shape index (κ2) is 10.2. The molecule has 3 rings (SSSR count). The molecule has 0 radical (unpaired) electrons. The van der Waals surface area contributed by atoms with Gasteiger partial charge in [-0.3, -0.25) is 9.69 Å². The summed E-state index contributed by atoms with van der Waals surface area (Å²) < 4.78 is 10.8. The van der Waals surface area contributed by atoms with Crippen molar-refractivity contribution in [1.29, 1.82) is 0 Å². The largest absolute Gasteiger partial charge is 0.496 e. The number of carbonyl (C=O) groups is 1. The molecule has 2 atom stereocenters. The van der Waals surface area contributed by atoms with Crippen molar-refractivity contribution in [3.8, 4) is 5.75 Å². The zero-order valence-electron chi connectivity index (χ0n) is 17.8. The SMILES string of the molecule is COCC(=O)N(C[C@H]1CN(Cc2cccs2)C[C@H]1c1ccccc1OC)C(C)C. The number of methoxy groups -OCH3 is 2. The highest BCUT2D eigenvalue weighted by atomic mass is 32.1. The van der Waals surface area contributed by atoms with Crippen molar-refractivity contribution in [2.24, 2.45) is 5.92 Å². The van der Waals surface area contributed by atoms with Gasteiger partial charge in [0.1, 0.15) is 12.4 Å². The maximum atomic E-state index is 12.6. The number of rotatable bonds is 9. The van der Waals surface area contributed by atoms with Crippen molar-refractivity contribution in [3.63, 3.8) is 0 Å². The fourth-order valence-electron chi connectivity index (χ4n) is 4.28. The Bertz CT molecular complexity index is 778. The Labute approximate surface area is 178 Å². The van der Waals surface area contributed by atoms with Gasteiger partial charge in [0.2, 0.25) is 5.91 Å². The first-order valence-corrected chi connectivity index (χ1v) is 11.1. The third kappa shape index (κ3) is 5.38. The minimum atomic E-state index is 0.0537. The summed E-state index contributed by atoms with van der Waals surface area (Å²) in [6.45, 7) is 7.88. The number of carbonyl (C=O) groups excluding carboxylic acids is 1. The second-order valence-corrected chi connectivity index (χ2v) is 8.99. The number of likely N-dealkylation sites (tertiary alicyclic amines) is 1. The van der Waals surface area contributed by atoms with Gasteiger partial charge in [-0.1, -0.05) is 24.3 Å². The van der Waals surface area contributed by atoms with Gasteiger partial charge in [-0.25, -0.2) is 0 Å². The normalized spacial score (nSPS) is 19.6. The molecule has 2 heterocycles. The molecule has 0 bridgehead atoms. The van der Waals surface area contributed by atoms with Crippen LogP contribution in [-0.2, 0) is 16.1 Å². The molecule has 1 aliphatic heterocycles. The predicted octanol–water partition coefficient (Wildman–Crippen LogP) is 3.86. The lowest BCUT2D eigenvalue weighted by Gasteiger charge is -2.31. The van der Waals surface area contributed by atoms with Crippen LogP contribution in [0.3, 0.4) is 0 Å². The number of hydrogen-bond donors (Lipinski definition) is 0. The molecular formula is C23H32N2O3S. The number of ether oxygens (including phenoxy) is 2. The number of para-hydroxylation sites is 1. The molecule has 1 aliphatic rings. The quantitative estimate of drug-likeness (QED) is 0.623. The van der Waals surface area contributed by atoms with E-state index >= 15 is 0 Å². The van der Waals surface area contributed by atoms with Gasteiger partial charge in [0.05, 0.1) is 7.11 Å². The highest BCUT2D eigenvalue weighted by molar-refractivity contribution is 7.09. The lowest BCUT2D eigenvalue weighted by atomic mass is 9.87. The maximum Gasteiger partial charge on any atom is 0.248 e. The topological polar surface area (TPSA) is 42.0 Å². The van der Waals surface area contributed by atoms with E-state index in [0.29, 0.717) is 11.8 Å². The van der Waals surface area contributed by atoms with Crippen molar-refractivity contribution >= 4 is 17.2 Å². The molecule has 0 N–H and O–H groups in total. The number of benzene rings is 1. The van der Waals surface area contributed by atoms with Crippen LogP contribution in [0.5, 0.6) is 5.75 Å². The zero-order valence-corrected chi connectivity index (χ0v) is 18.7. The standard InChI is InChI=1S/C23H32N2O3S/c1-17(2)25(23(26)16-27-3)13-18-12-24(14-19-8-7-11-29-19)15-21(18)20-9-5-6-10-22(20)28-4/h5-11,17-18,21H,12-16H2,1-4H3/t18-,21-/m1/s1. The van der Waals surface area contributed by atoms with Gasteiger partial charge in [0.15, 0.2) is 0 Å². The number of amides is 1. The summed E-state index contributed by atoms with van der Waals surface area (Å²) in [5.74, 6) is 1.65. The van der Waals surface area contributed by atoms with Crippen LogP contribution in [0.15, 0.2) is 41.8 Å². The third-order valence-electron chi connectivity index (χ3n) is 5.66. The molecule has 1 aromatic heterocycles. The minimum Gasteiger partial charge on any atom is -0.496 e. The second-order valence-electron chi connectivity index (χ2n) is 7.95. The molecule has 29 heavy (non-hydrogen) atoms. The monoisotopic (exact) mass is 416 g/mol. The minimum absolute atomic E-state index is 0.0537. The molecule has 1 aromatic carbocycles. The number of nitrogens with zero attached hydrogens (tertiary/aromatic N) is 2. The first-order valence-electron chi connectivity index (χ1n) is 10.2. The van der Waals surface area contributed by atoms with Gasteiger partial charge in [0.25, 0.3) is 0 Å². The van der Waals surface area contributed by atoms with Crippen molar-refractivity contribution in [2.75, 3.05) is 40.5 Å². The van der Waals surface area contributed by atoms with Crippen molar-refractivity contribution in [2.45, 2.75) is 32.4 Å². The van der Waals surface area contributed by atoms with Crippen molar-refractivity contribution in [1.82, 2.24) is 9.80 Å².